The topological polar surface area (TPSA) is 38.8 Å². The Morgan fingerprint density at radius 2 is 2.38 bits per heavy atom. The van der Waals surface area contributed by atoms with Gasteiger partial charge in [-0.2, -0.15) is 0 Å². The third kappa shape index (κ3) is 3.71. The van der Waals surface area contributed by atoms with Gasteiger partial charge < -0.3 is 9.47 Å². The Hall–Kier alpha value is -0.130. The number of hydrogen-bond acceptors (Lipinski definition) is 4. The van der Waals surface area contributed by atoms with Crippen LogP contribution < -0.4 is 0 Å². The number of carbonyl (C=O) groups is 1. The summed E-state index contributed by atoms with van der Waals surface area (Å²) in [6, 6.07) is 0.404. The molecule has 1 rings (SSSR count). The van der Waals surface area contributed by atoms with E-state index in [4.69, 9.17) is 9.47 Å². The molecule has 3 unspecified atom stereocenters. The third-order valence-corrected chi connectivity index (χ3v) is 3.57. The Morgan fingerprint density at radius 1 is 1.69 bits per heavy atom. The number of rotatable bonds is 4. The van der Waals surface area contributed by atoms with Gasteiger partial charge in [-0.1, -0.05) is 22.9 Å². The molecule has 0 aromatic carbocycles. The predicted molar refractivity (Wildman–Crippen MR) is 65.8 cm³/mol. The summed E-state index contributed by atoms with van der Waals surface area (Å²) in [5, 5.41) is 0. The first-order valence-electron chi connectivity index (χ1n) is 5.66. The van der Waals surface area contributed by atoms with Gasteiger partial charge in [0.05, 0.1) is 19.8 Å². The fourth-order valence-electron chi connectivity index (χ4n) is 1.92. The maximum absolute atomic E-state index is 11.3. The van der Waals surface area contributed by atoms with Crippen molar-refractivity contribution in [1.29, 1.82) is 0 Å². The molecule has 1 heterocycles. The fraction of sp³-hybridized carbons (Fsp3) is 0.909. The Morgan fingerprint density at radius 3 is 2.94 bits per heavy atom. The molecule has 0 radical (unpaired) electrons. The molecule has 1 fully saturated rings. The van der Waals surface area contributed by atoms with E-state index in [-0.39, 0.29) is 16.9 Å². The quantitative estimate of drug-likeness (QED) is 0.581. The van der Waals surface area contributed by atoms with Crippen LogP contribution in [0, 0.1) is 0 Å². The van der Waals surface area contributed by atoms with E-state index in [1.54, 1.807) is 0 Å². The van der Waals surface area contributed by atoms with Crippen LogP contribution >= 0.6 is 15.9 Å². The molecule has 0 saturated carbocycles. The van der Waals surface area contributed by atoms with Gasteiger partial charge in [0.1, 0.15) is 4.83 Å². The molecule has 3 atom stereocenters. The summed E-state index contributed by atoms with van der Waals surface area (Å²) in [4.78, 5) is 13.4. The predicted octanol–water partition coefficient (Wildman–Crippen LogP) is 1.42. The molecule has 0 bridgehead atoms. The van der Waals surface area contributed by atoms with Crippen LogP contribution in [-0.4, -0.2) is 54.6 Å². The van der Waals surface area contributed by atoms with Crippen LogP contribution in [0.3, 0.4) is 0 Å². The molecule has 1 saturated heterocycles. The van der Waals surface area contributed by atoms with Crippen molar-refractivity contribution in [3.05, 3.63) is 0 Å². The highest BCUT2D eigenvalue weighted by atomic mass is 79.9. The highest BCUT2D eigenvalue weighted by Crippen LogP contribution is 2.17. The lowest BCUT2D eigenvalue weighted by molar-refractivity contribution is -0.141. The molecular weight excluding hydrogens is 274 g/mol. The lowest BCUT2D eigenvalue weighted by Crippen LogP contribution is -2.51. The number of esters is 1. The summed E-state index contributed by atoms with van der Waals surface area (Å²) in [7, 11) is 1.41. The molecule has 0 aromatic heterocycles. The zero-order chi connectivity index (χ0) is 12.1. The van der Waals surface area contributed by atoms with Crippen LogP contribution in [0.4, 0.5) is 0 Å². The van der Waals surface area contributed by atoms with Crippen molar-refractivity contribution in [1.82, 2.24) is 4.90 Å². The Labute approximate surface area is 105 Å². The summed E-state index contributed by atoms with van der Waals surface area (Å²) in [6.07, 6.45) is 1.27. The summed E-state index contributed by atoms with van der Waals surface area (Å²) >= 11 is 3.36. The van der Waals surface area contributed by atoms with E-state index in [0.717, 1.165) is 19.6 Å². The highest BCUT2D eigenvalue weighted by molar-refractivity contribution is 9.10. The number of morpholine rings is 1. The highest BCUT2D eigenvalue weighted by Gasteiger charge is 2.29. The minimum Gasteiger partial charge on any atom is -0.468 e. The third-order valence-electron chi connectivity index (χ3n) is 2.90. The van der Waals surface area contributed by atoms with Crippen LogP contribution in [0.1, 0.15) is 20.3 Å². The van der Waals surface area contributed by atoms with Crippen LogP contribution in [0.25, 0.3) is 0 Å². The molecule has 1 aliphatic heterocycles. The fourth-order valence-corrected chi connectivity index (χ4v) is 2.48. The van der Waals surface area contributed by atoms with E-state index in [1.807, 2.05) is 0 Å². The molecule has 1 aliphatic rings. The summed E-state index contributed by atoms with van der Waals surface area (Å²) in [5.74, 6) is -0.214. The van der Waals surface area contributed by atoms with Crippen molar-refractivity contribution < 1.29 is 14.3 Å². The molecule has 5 heteroatoms. The van der Waals surface area contributed by atoms with Crippen molar-refractivity contribution in [3.63, 3.8) is 0 Å². The van der Waals surface area contributed by atoms with E-state index in [9.17, 15) is 4.79 Å². The number of nitrogens with zero attached hydrogens (tertiary/aromatic N) is 1. The van der Waals surface area contributed by atoms with Crippen molar-refractivity contribution in [2.45, 2.75) is 37.2 Å². The number of ether oxygens (including phenoxy) is 2. The van der Waals surface area contributed by atoms with Gasteiger partial charge in [-0.05, 0) is 13.3 Å². The Kier molecular flexibility index (Phi) is 5.72. The minimum atomic E-state index is -0.253. The Bertz CT molecular complexity index is 237. The van der Waals surface area contributed by atoms with E-state index in [0.29, 0.717) is 12.6 Å². The average molecular weight is 294 g/mol. The molecule has 94 valence electrons. The minimum absolute atomic E-state index is 0.214. The zero-order valence-corrected chi connectivity index (χ0v) is 11.7. The van der Waals surface area contributed by atoms with E-state index in [1.165, 1.54) is 7.11 Å². The van der Waals surface area contributed by atoms with Gasteiger partial charge in [0.15, 0.2) is 0 Å². The first-order chi connectivity index (χ1) is 7.58. The lowest BCUT2D eigenvalue weighted by Gasteiger charge is -2.38. The summed E-state index contributed by atoms with van der Waals surface area (Å²) in [5.41, 5.74) is 0. The number of hydrogen-bond donors (Lipinski definition) is 0. The molecule has 0 N–H and O–H groups in total. The van der Waals surface area contributed by atoms with Crippen molar-refractivity contribution in [2.75, 3.05) is 26.8 Å². The first kappa shape index (κ1) is 13.9. The monoisotopic (exact) mass is 293 g/mol. The van der Waals surface area contributed by atoms with Gasteiger partial charge in [0, 0.05) is 19.1 Å². The van der Waals surface area contributed by atoms with Crippen molar-refractivity contribution in [2.24, 2.45) is 0 Å². The number of methoxy groups -OCH3 is 1. The zero-order valence-electron chi connectivity index (χ0n) is 10.1. The van der Waals surface area contributed by atoms with Gasteiger partial charge in [-0.15, -0.1) is 0 Å². The SMILES string of the molecule is CCC1COC(C)CN1CC(Br)C(=O)OC. The number of alkyl halides is 1. The molecule has 0 spiro atoms. The Balaban J connectivity index is 2.51. The molecule has 0 aliphatic carbocycles. The molecular formula is C11H20BrNO3. The van der Waals surface area contributed by atoms with Crippen molar-refractivity contribution >= 4 is 21.9 Å². The lowest BCUT2D eigenvalue weighted by atomic mass is 10.1. The van der Waals surface area contributed by atoms with Crippen LogP contribution in [0.5, 0.6) is 0 Å². The second-order valence-electron chi connectivity index (χ2n) is 4.15. The second kappa shape index (κ2) is 6.57. The van der Waals surface area contributed by atoms with Crippen LogP contribution in [0.15, 0.2) is 0 Å². The van der Waals surface area contributed by atoms with E-state index >= 15 is 0 Å². The second-order valence-corrected chi connectivity index (χ2v) is 5.26. The molecule has 16 heavy (non-hydrogen) atoms. The largest absolute Gasteiger partial charge is 0.468 e. The number of carbonyl (C=O) groups excluding carboxylic acids is 1. The van der Waals surface area contributed by atoms with Gasteiger partial charge in [-0.3, -0.25) is 9.69 Å². The summed E-state index contributed by atoms with van der Waals surface area (Å²) < 4.78 is 10.3. The maximum Gasteiger partial charge on any atom is 0.320 e. The number of halogens is 1. The first-order valence-corrected chi connectivity index (χ1v) is 6.57. The summed E-state index contributed by atoms with van der Waals surface area (Å²) in [6.45, 7) is 6.49. The van der Waals surface area contributed by atoms with E-state index < -0.39 is 0 Å². The normalized spacial score (nSPS) is 28.8. The van der Waals surface area contributed by atoms with Crippen LogP contribution in [0.2, 0.25) is 0 Å². The van der Waals surface area contributed by atoms with Crippen LogP contribution in [-0.2, 0) is 14.3 Å². The van der Waals surface area contributed by atoms with E-state index in [2.05, 4.69) is 34.7 Å². The molecule has 0 amide bonds. The maximum atomic E-state index is 11.3. The van der Waals surface area contributed by atoms with Gasteiger partial charge in [-0.25, -0.2) is 0 Å². The van der Waals surface area contributed by atoms with Gasteiger partial charge in [0.2, 0.25) is 0 Å². The molecule has 4 nitrogen and oxygen atoms in total. The van der Waals surface area contributed by atoms with Gasteiger partial charge >= 0.3 is 5.97 Å². The smallest absolute Gasteiger partial charge is 0.320 e. The standard InChI is InChI=1S/C11H20BrNO3/c1-4-9-7-16-8(2)5-13(9)6-10(12)11(14)15-3/h8-10H,4-7H2,1-3H3. The van der Waals surface area contributed by atoms with Gasteiger partial charge in [0.25, 0.3) is 0 Å². The van der Waals surface area contributed by atoms with Crippen molar-refractivity contribution in [3.8, 4) is 0 Å². The molecule has 0 aromatic rings. The average Bonchev–Trinajstić information content (AvgIpc) is 2.28.